The highest BCUT2D eigenvalue weighted by Gasteiger charge is 2.47. The van der Waals surface area contributed by atoms with Crippen LogP contribution in [0.4, 0.5) is 24.5 Å². The van der Waals surface area contributed by atoms with Crippen LogP contribution in [0, 0.1) is 17.0 Å². The highest BCUT2D eigenvalue weighted by Crippen LogP contribution is 2.49. The molecule has 0 amide bonds. The zero-order valence-electron chi connectivity index (χ0n) is 18.9. The highest BCUT2D eigenvalue weighted by atomic mass is 19.4. The monoisotopic (exact) mass is 492 g/mol. The lowest BCUT2D eigenvalue weighted by Gasteiger charge is -2.26. The van der Waals surface area contributed by atoms with Crippen LogP contribution in [0.15, 0.2) is 94.6 Å². The second-order valence-electron chi connectivity index (χ2n) is 8.32. The molecule has 0 radical (unpaired) electrons. The summed E-state index contributed by atoms with van der Waals surface area (Å²) < 4.78 is 46.2. The van der Waals surface area contributed by atoms with E-state index in [0.717, 1.165) is 23.3 Å². The minimum absolute atomic E-state index is 0.0685. The van der Waals surface area contributed by atoms with Crippen molar-refractivity contribution < 1.29 is 22.6 Å². The van der Waals surface area contributed by atoms with Gasteiger partial charge in [-0.15, -0.1) is 0 Å². The van der Waals surface area contributed by atoms with E-state index < -0.39 is 28.6 Å². The van der Waals surface area contributed by atoms with Gasteiger partial charge in [0.15, 0.2) is 5.69 Å². The molecule has 0 bridgehead atoms. The Kier molecular flexibility index (Phi) is 5.79. The molecular formula is C26H19F3N4O3. The van der Waals surface area contributed by atoms with Crippen molar-refractivity contribution in [3.63, 3.8) is 0 Å². The fourth-order valence-electron chi connectivity index (χ4n) is 4.48. The van der Waals surface area contributed by atoms with Crippen LogP contribution in [0.2, 0.25) is 0 Å². The standard InChI is InChI=1S/C26H19F3N4O3/c1-16-23(33(34)35)25(36-31-16)24-21(17-9-4-2-5-10-17)22(18-11-6-3-7-12-18)30-32(24)20-14-8-13-19(15-20)26(27,28)29/h2-15,21,24H,1H3. The molecule has 2 heterocycles. The Hall–Kier alpha value is -4.47. The van der Waals surface area contributed by atoms with E-state index in [1.165, 1.54) is 24.1 Å². The summed E-state index contributed by atoms with van der Waals surface area (Å²) in [4.78, 5) is 11.4. The van der Waals surface area contributed by atoms with Crippen molar-refractivity contribution in [3.8, 4) is 0 Å². The third kappa shape index (κ3) is 4.10. The second-order valence-corrected chi connectivity index (χ2v) is 8.32. The minimum Gasteiger partial charge on any atom is -0.351 e. The van der Waals surface area contributed by atoms with E-state index in [9.17, 15) is 23.3 Å². The lowest BCUT2D eigenvalue weighted by Crippen LogP contribution is -2.25. The first kappa shape index (κ1) is 23.3. The summed E-state index contributed by atoms with van der Waals surface area (Å²) in [6.45, 7) is 1.45. The summed E-state index contributed by atoms with van der Waals surface area (Å²) in [6, 6.07) is 22.1. The number of rotatable bonds is 5. The van der Waals surface area contributed by atoms with E-state index in [2.05, 4.69) is 5.16 Å². The summed E-state index contributed by atoms with van der Waals surface area (Å²) in [7, 11) is 0. The number of nitro groups is 1. The van der Waals surface area contributed by atoms with Gasteiger partial charge in [-0.3, -0.25) is 15.1 Å². The van der Waals surface area contributed by atoms with Crippen molar-refractivity contribution in [2.75, 3.05) is 5.01 Å². The van der Waals surface area contributed by atoms with E-state index in [1.807, 2.05) is 60.7 Å². The van der Waals surface area contributed by atoms with Crippen LogP contribution in [0.25, 0.3) is 0 Å². The molecule has 0 N–H and O–H groups in total. The lowest BCUT2D eigenvalue weighted by molar-refractivity contribution is -0.386. The van der Waals surface area contributed by atoms with Crippen molar-refractivity contribution >= 4 is 17.1 Å². The average molecular weight is 492 g/mol. The van der Waals surface area contributed by atoms with Crippen molar-refractivity contribution in [2.24, 2.45) is 5.10 Å². The molecule has 0 saturated heterocycles. The number of halogens is 3. The first-order valence-corrected chi connectivity index (χ1v) is 11.0. The van der Waals surface area contributed by atoms with Crippen LogP contribution >= 0.6 is 0 Å². The van der Waals surface area contributed by atoms with E-state index in [1.54, 1.807) is 0 Å². The second kappa shape index (κ2) is 8.95. The normalized spacial score (nSPS) is 17.8. The number of hydrogen-bond donors (Lipinski definition) is 0. The van der Waals surface area contributed by atoms with Gasteiger partial charge in [-0.25, -0.2) is 0 Å². The van der Waals surface area contributed by atoms with Crippen molar-refractivity contribution in [3.05, 3.63) is 123 Å². The Morgan fingerprint density at radius 1 is 0.972 bits per heavy atom. The lowest BCUT2D eigenvalue weighted by atomic mass is 9.83. The maximum absolute atomic E-state index is 13.6. The Morgan fingerprint density at radius 3 is 2.28 bits per heavy atom. The van der Waals surface area contributed by atoms with Crippen molar-refractivity contribution in [2.45, 2.75) is 25.1 Å². The molecule has 182 valence electrons. The van der Waals surface area contributed by atoms with Crippen LogP contribution in [0.3, 0.4) is 0 Å². The molecule has 5 rings (SSSR count). The number of benzene rings is 3. The SMILES string of the molecule is Cc1noc(C2C(c3ccccc3)C(c3ccccc3)=NN2c2cccc(C(F)(F)F)c2)c1[N+](=O)[O-]. The fraction of sp³-hybridized carbons (Fsp3) is 0.154. The molecule has 7 nitrogen and oxygen atoms in total. The fourth-order valence-corrected chi connectivity index (χ4v) is 4.48. The van der Waals surface area contributed by atoms with Gasteiger partial charge in [0, 0.05) is 0 Å². The number of hydrogen-bond acceptors (Lipinski definition) is 6. The first-order chi connectivity index (χ1) is 17.3. The molecule has 2 atom stereocenters. The zero-order valence-corrected chi connectivity index (χ0v) is 18.9. The molecular weight excluding hydrogens is 473 g/mol. The van der Waals surface area contributed by atoms with Crippen LogP contribution in [0.1, 0.15) is 40.1 Å². The van der Waals surface area contributed by atoms with Gasteiger partial charge in [0.25, 0.3) is 0 Å². The van der Waals surface area contributed by atoms with Gasteiger partial charge in [-0.2, -0.15) is 18.3 Å². The van der Waals surface area contributed by atoms with Crippen LogP contribution < -0.4 is 5.01 Å². The summed E-state index contributed by atoms with van der Waals surface area (Å²) in [5.74, 6) is -0.687. The third-order valence-corrected chi connectivity index (χ3v) is 6.06. The quantitative estimate of drug-likeness (QED) is 0.230. The van der Waals surface area contributed by atoms with Crippen LogP contribution in [-0.4, -0.2) is 15.8 Å². The smallest absolute Gasteiger partial charge is 0.351 e. The number of aromatic nitrogens is 1. The summed E-state index contributed by atoms with van der Waals surface area (Å²) >= 11 is 0. The molecule has 0 saturated carbocycles. The molecule has 0 spiro atoms. The predicted molar refractivity (Wildman–Crippen MR) is 127 cm³/mol. The average Bonchev–Trinajstić information content (AvgIpc) is 3.45. The Bertz CT molecular complexity index is 1440. The van der Waals surface area contributed by atoms with E-state index in [0.29, 0.717) is 5.71 Å². The van der Waals surface area contributed by atoms with Gasteiger partial charge in [0.05, 0.1) is 27.8 Å². The van der Waals surface area contributed by atoms with Crippen molar-refractivity contribution in [1.29, 1.82) is 0 Å². The Morgan fingerprint density at radius 2 is 1.64 bits per heavy atom. The van der Waals surface area contributed by atoms with Crippen LogP contribution in [-0.2, 0) is 6.18 Å². The number of alkyl halides is 3. The van der Waals surface area contributed by atoms with Gasteiger partial charge in [0.2, 0.25) is 5.76 Å². The van der Waals surface area contributed by atoms with Gasteiger partial charge < -0.3 is 4.52 Å². The summed E-state index contributed by atoms with van der Waals surface area (Å²) in [6.07, 6.45) is -4.58. The summed E-state index contributed by atoms with van der Waals surface area (Å²) in [5.41, 5.74) is 1.02. The molecule has 0 aliphatic carbocycles. The largest absolute Gasteiger partial charge is 0.416 e. The molecule has 4 aromatic rings. The number of anilines is 1. The topological polar surface area (TPSA) is 84.8 Å². The Labute approximate surface area is 203 Å². The molecule has 1 aromatic heterocycles. The molecule has 0 fully saturated rings. The molecule has 2 unspecified atom stereocenters. The number of nitrogens with zero attached hydrogens (tertiary/aromatic N) is 4. The predicted octanol–water partition coefficient (Wildman–Crippen LogP) is 6.66. The number of hydrazone groups is 1. The minimum atomic E-state index is -4.58. The van der Waals surface area contributed by atoms with Gasteiger partial charge in [-0.05, 0) is 36.2 Å². The number of aryl methyl sites for hydroxylation is 1. The van der Waals surface area contributed by atoms with Crippen molar-refractivity contribution in [1.82, 2.24) is 5.16 Å². The molecule has 1 aliphatic heterocycles. The molecule has 10 heteroatoms. The van der Waals surface area contributed by atoms with E-state index >= 15 is 0 Å². The Balaban J connectivity index is 1.77. The van der Waals surface area contributed by atoms with Gasteiger partial charge in [-0.1, -0.05) is 71.9 Å². The third-order valence-electron chi connectivity index (χ3n) is 6.06. The zero-order chi connectivity index (χ0) is 25.4. The highest BCUT2D eigenvalue weighted by molar-refractivity contribution is 6.08. The van der Waals surface area contributed by atoms with Crippen LogP contribution in [0.5, 0.6) is 0 Å². The van der Waals surface area contributed by atoms with Gasteiger partial charge >= 0.3 is 11.9 Å². The molecule has 36 heavy (non-hydrogen) atoms. The molecule has 1 aliphatic rings. The maximum atomic E-state index is 13.6. The summed E-state index contributed by atoms with van der Waals surface area (Å²) in [5, 5.41) is 21.9. The van der Waals surface area contributed by atoms with E-state index in [4.69, 9.17) is 9.62 Å². The van der Waals surface area contributed by atoms with E-state index in [-0.39, 0.29) is 22.8 Å². The molecule has 3 aromatic carbocycles. The maximum Gasteiger partial charge on any atom is 0.416 e. The first-order valence-electron chi connectivity index (χ1n) is 11.0. The van der Waals surface area contributed by atoms with Gasteiger partial charge in [0.1, 0.15) is 6.04 Å².